The minimum absolute atomic E-state index is 0.00707. The first-order valence-corrected chi connectivity index (χ1v) is 10.0. The number of carbonyl (C=O) groups excluding carboxylic acids is 1. The lowest BCUT2D eigenvalue weighted by atomic mass is 10.1. The summed E-state index contributed by atoms with van der Waals surface area (Å²) in [6.45, 7) is 0.939. The Kier molecular flexibility index (Phi) is 5.69. The zero-order valence-corrected chi connectivity index (χ0v) is 17.3. The number of carbonyl (C=O) groups is 3. The highest BCUT2D eigenvalue weighted by atomic mass is 16.4. The van der Waals surface area contributed by atoms with E-state index in [0.717, 1.165) is 5.69 Å². The Morgan fingerprint density at radius 2 is 1.97 bits per heavy atom. The van der Waals surface area contributed by atoms with Crippen LogP contribution in [0.4, 0.5) is 23.1 Å². The van der Waals surface area contributed by atoms with E-state index < -0.39 is 23.9 Å². The lowest BCUT2D eigenvalue weighted by molar-refractivity contribution is -0.140. The van der Waals surface area contributed by atoms with Gasteiger partial charge in [-0.25, -0.2) is 9.79 Å². The van der Waals surface area contributed by atoms with Crippen molar-refractivity contribution in [2.45, 2.75) is 24.9 Å². The lowest BCUT2D eigenvalue weighted by Crippen LogP contribution is -2.41. The number of carboxylic acids is 2. The summed E-state index contributed by atoms with van der Waals surface area (Å²) in [4.78, 5) is 61.5. The summed E-state index contributed by atoms with van der Waals surface area (Å²) in [7, 11) is 0. The van der Waals surface area contributed by atoms with Crippen molar-refractivity contribution in [3.05, 3.63) is 40.2 Å². The van der Waals surface area contributed by atoms with Crippen LogP contribution < -0.4 is 26.4 Å². The fourth-order valence-corrected chi connectivity index (χ4v) is 3.79. The van der Waals surface area contributed by atoms with Crippen LogP contribution in [0.15, 0.2) is 34.1 Å². The molecule has 0 bridgehead atoms. The van der Waals surface area contributed by atoms with Crippen LogP contribution in [-0.2, 0) is 9.59 Å². The van der Waals surface area contributed by atoms with Gasteiger partial charge in [-0.3, -0.25) is 19.4 Å². The molecule has 1 fully saturated rings. The van der Waals surface area contributed by atoms with Crippen LogP contribution in [0.1, 0.15) is 23.2 Å². The van der Waals surface area contributed by atoms with Crippen LogP contribution in [0.2, 0.25) is 0 Å². The van der Waals surface area contributed by atoms with Crippen molar-refractivity contribution >= 4 is 47.2 Å². The van der Waals surface area contributed by atoms with Gasteiger partial charge in [0.1, 0.15) is 6.04 Å². The van der Waals surface area contributed by atoms with Crippen molar-refractivity contribution < 1.29 is 24.6 Å². The van der Waals surface area contributed by atoms with Gasteiger partial charge < -0.3 is 31.1 Å². The molecule has 3 heterocycles. The lowest BCUT2D eigenvalue weighted by Gasteiger charge is -2.25. The first kappa shape index (κ1) is 21.8. The molecule has 1 aromatic heterocycles. The van der Waals surface area contributed by atoms with Gasteiger partial charge in [-0.05, 0) is 30.7 Å². The number of rotatable bonds is 7. The fraction of sp³-hybridized carbons (Fsp3) is 0.300. The molecule has 1 amide bonds. The SMILES string of the molecule is Nc1nc2c(c(=O)[nH]1)N1CN(c3ccc(C(=O)N[C@H](CCC(=O)O)C(=O)O)cc3)C[C@H]1C=N2. The molecule has 6 N–H and O–H groups in total. The number of aromatic nitrogens is 2. The van der Waals surface area contributed by atoms with Crippen LogP contribution >= 0.6 is 0 Å². The molecule has 1 saturated heterocycles. The van der Waals surface area contributed by atoms with Gasteiger partial charge in [0.25, 0.3) is 11.5 Å². The van der Waals surface area contributed by atoms with Crippen molar-refractivity contribution in [2.24, 2.45) is 4.99 Å². The van der Waals surface area contributed by atoms with Crippen LogP contribution in [0.3, 0.4) is 0 Å². The highest BCUT2D eigenvalue weighted by molar-refractivity contribution is 5.97. The molecule has 0 radical (unpaired) electrons. The molecule has 0 unspecified atom stereocenters. The number of nitrogens with two attached hydrogens (primary N) is 1. The number of H-pyrrole nitrogens is 1. The maximum Gasteiger partial charge on any atom is 0.326 e. The molecule has 1 aromatic carbocycles. The standard InChI is InChI=1S/C20H21N7O6/c21-20-24-16-15(18(31)25-20)27-9-26(8-12(27)7-22-16)11-3-1-10(2-4-11)17(30)23-13(19(32)33)5-6-14(28)29/h1-4,7,12-13H,5-6,8-9H2,(H,23,30)(H,28,29)(H,32,33)(H3,21,24,25,31)/t12-,13-/m1/s1. The summed E-state index contributed by atoms with van der Waals surface area (Å²) in [5.74, 6) is -2.81. The maximum atomic E-state index is 12.4. The van der Waals surface area contributed by atoms with Crippen LogP contribution in [0.25, 0.3) is 0 Å². The van der Waals surface area contributed by atoms with Gasteiger partial charge in [0.2, 0.25) is 5.95 Å². The molecular weight excluding hydrogens is 434 g/mol. The summed E-state index contributed by atoms with van der Waals surface area (Å²) in [6.07, 6.45) is 1.11. The number of nitrogen functional groups attached to an aromatic ring is 1. The normalized spacial score (nSPS) is 17.3. The Hall–Kier alpha value is -4.42. The molecule has 2 aliphatic rings. The van der Waals surface area contributed by atoms with Crippen molar-refractivity contribution in [1.29, 1.82) is 0 Å². The number of aliphatic imine (C=N–C) groups is 1. The third kappa shape index (κ3) is 4.46. The predicted molar refractivity (Wildman–Crippen MR) is 118 cm³/mol. The third-order valence-corrected chi connectivity index (χ3v) is 5.43. The van der Waals surface area contributed by atoms with E-state index in [-0.39, 0.29) is 41.8 Å². The van der Waals surface area contributed by atoms with E-state index in [4.69, 9.17) is 10.8 Å². The van der Waals surface area contributed by atoms with Crippen molar-refractivity contribution in [3.8, 4) is 0 Å². The molecule has 0 spiro atoms. The van der Waals surface area contributed by atoms with E-state index in [1.54, 1.807) is 30.5 Å². The monoisotopic (exact) mass is 455 g/mol. The topological polar surface area (TPSA) is 194 Å². The quantitative estimate of drug-likeness (QED) is 0.372. The Balaban J connectivity index is 1.45. The molecule has 33 heavy (non-hydrogen) atoms. The Morgan fingerprint density at radius 3 is 2.64 bits per heavy atom. The van der Waals surface area contributed by atoms with Crippen molar-refractivity contribution in [3.63, 3.8) is 0 Å². The number of fused-ring (bicyclic) bond motifs is 3. The van der Waals surface area contributed by atoms with E-state index in [2.05, 4.69) is 20.3 Å². The van der Waals surface area contributed by atoms with Gasteiger partial charge in [-0.15, -0.1) is 0 Å². The van der Waals surface area contributed by atoms with Gasteiger partial charge in [0.05, 0.1) is 12.7 Å². The summed E-state index contributed by atoms with van der Waals surface area (Å²) in [5, 5.41) is 20.3. The van der Waals surface area contributed by atoms with Crippen LogP contribution in [0.5, 0.6) is 0 Å². The molecule has 13 nitrogen and oxygen atoms in total. The summed E-state index contributed by atoms with van der Waals surface area (Å²) in [6, 6.07) is 5.08. The van der Waals surface area contributed by atoms with Gasteiger partial charge in [-0.2, -0.15) is 4.98 Å². The van der Waals surface area contributed by atoms with Gasteiger partial charge >= 0.3 is 11.9 Å². The highest BCUT2D eigenvalue weighted by Gasteiger charge is 2.35. The number of anilines is 3. The first-order valence-electron chi connectivity index (χ1n) is 10.0. The Bertz CT molecular complexity index is 1190. The highest BCUT2D eigenvalue weighted by Crippen LogP contribution is 2.33. The molecule has 13 heteroatoms. The number of aliphatic carboxylic acids is 2. The van der Waals surface area contributed by atoms with E-state index >= 15 is 0 Å². The molecule has 2 aliphatic heterocycles. The molecule has 0 aliphatic carbocycles. The second-order valence-electron chi connectivity index (χ2n) is 7.65. The van der Waals surface area contributed by atoms with Crippen molar-refractivity contribution in [2.75, 3.05) is 28.7 Å². The smallest absolute Gasteiger partial charge is 0.326 e. The first-order chi connectivity index (χ1) is 15.7. The number of hydrogen-bond acceptors (Lipinski definition) is 9. The van der Waals surface area contributed by atoms with E-state index in [1.165, 1.54) is 0 Å². The minimum atomic E-state index is -1.30. The zero-order valence-electron chi connectivity index (χ0n) is 17.3. The number of nitrogens with one attached hydrogen (secondary N) is 2. The number of hydrogen-bond donors (Lipinski definition) is 5. The number of benzene rings is 1. The number of carboxylic acid groups (broad SMARTS) is 2. The molecular formula is C20H21N7O6. The van der Waals surface area contributed by atoms with E-state index in [0.29, 0.717) is 18.9 Å². The largest absolute Gasteiger partial charge is 0.481 e. The average molecular weight is 455 g/mol. The fourth-order valence-electron chi connectivity index (χ4n) is 3.79. The second-order valence-corrected chi connectivity index (χ2v) is 7.65. The molecule has 2 atom stereocenters. The number of nitrogens with zero attached hydrogens (tertiary/aromatic N) is 4. The number of amides is 1. The average Bonchev–Trinajstić information content (AvgIpc) is 3.20. The van der Waals surface area contributed by atoms with Crippen LogP contribution in [0, 0.1) is 0 Å². The van der Waals surface area contributed by atoms with E-state index in [9.17, 15) is 24.3 Å². The van der Waals surface area contributed by atoms with Gasteiger partial charge in [0, 0.05) is 30.4 Å². The van der Waals surface area contributed by atoms with Crippen molar-refractivity contribution in [1.82, 2.24) is 15.3 Å². The van der Waals surface area contributed by atoms with E-state index in [1.807, 2.05) is 9.80 Å². The number of aromatic amines is 1. The molecule has 172 valence electrons. The maximum absolute atomic E-state index is 12.4. The van der Waals surface area contributed by atoms with Gasteiger partial charge in [0.15, 0.2) is 11.5 Å². The molecule has 0 saturated carbocycles. The van der Waals surface area contributed by atoms with Gasteiger partial charge in [-0.1, -0.05) is 0 Å². The molecule has 2 aromatic rings. The third-order valence-electron chi connectivity index (χ3n) is 5.43. The minimum Gasteiger partial charge on any atom is -0.481 e. The second kappa shape index (κ2) is 8.61. The van der Waals surface area contributed by atoms with Crippen LogP contribution in [-0.4, -0.2) is 69.5 Å². The molecule has 4 rings (SSSR count). The Labute approximate surface area is 186 Å². The summed E-state index contributed by atoms with van der Waals surface area (Å²) >= 11 is 0. The zero-order chi connectivity index (χ0) is 23.7. The summed E-state index contributed by atoms with van der Waals surface area (Å²) < 4.78 is 0. The predicted octanol–water partition coefficient (Wildman–Crippen LogP) is -0.231. The summed E-state index contributed by atoms with van der Waals surface area (Å²) in [5.41, 5.74) is 6.59. The Morgan fingerprint density at radius 1 is 1.24 bits per heavy atom.